The van der Waals surface area contributed by atoms with Crippen LogP contribution in [0.4, 0.5) is 0 Å². The molecule has 0 radical (unpaired) electrons. The van der Waals surface area contributed by atoms with Gasteiger partial charge < -0.3 is 28.8 Å². The number of aromatic amines is 1. The smallest absolute Gasteiger partial charge is 0.257 e. The molecule has 34 heavy (non-hydrogen) atoms. The van der Waals surface area contributed by atoms with Crippen LogP contribution in [-0.2, 0) is 6.54 Å². The molecular weight excluding hydrogens is 452 g/mol. The average molecular weight is 483 g/mol. The molecule has 4 aromatic rings. The number of rotatable bonds is 7. The van der Waals surface area contributed by atoms with Crippen LogP contribution in [0.3, 0.4) is 0 Å². The van der Waals surface area contributed by atoms with Crippen LogP contribution in [0.2, 0.25) is 5.02 Å². The second-order valence-electron chi connectivity index (χ2n) is 8.88. The minimum atomic E-state index is 0.480. The normalized spacial score (nSPS) is 15.8. The third-order valence-corrected chi connectivity index (χ3v) is 6.98. The highest BCUT2D eigenvalue weighted by atomic mass is 35.5. The van der Waals surface area contributed by atoms with Crippen molar-refractivity contribution in [1.82, 2.24) is 29.3 Å². The van der Waals surface area contributed by atoms with Crippen molar-refractivity contribution in [2.75, 3.05) is 54.0 Å². The van der Waals surface area contributed by atoms with Crippen LogP contribution in [-0.4, -0.2) is 83.3 Å². The summed E-state index contributed by atoms with van der Waals surface area (Å²) in [5.74, 6) is 1.10. The number of aryl methyl sites for hydroxylation is 1. The number of likely N-dealkylation sites (N-methyl/N-ethyl adjacent to an activating group) is 1. The molecule has 8 nitrogen and oxygen atoms in total. The second-order valence-corrected chi connectivity index (χ2v) is 9.28. The van der Waals surface area contributed by atoms with E-state index in [0.717, 1.165) is 72.6 Å². The van der Waals surface area contributed by atoms with Gasteiger partial charge in [0.2, 0.25) is 0 Å². The molecule has 1 aliphatic rings. The zero-order valence-corrected chi connectivity index (χ0v) is 20.7. The van der Waals surface area contributed by atoms with Gasteiger partial charge in [0, 0.05) is 37.3 Å². The minimum Gasteiger partial charge on any atom is -0.491 e. The van der Waals surface area contributed by atoms with Gasteiger partial charge in [0.1, 0.15) is 5.65 Å². The first-order valence-corrected chi connectivity index (χ1v) is 12.1. The molecule has 0 aliphatic carbocycles. The lowest BCUT2D eigenvalue weighted by atomic mass is 10.2. The fraction of sp³-hybridized carbons (Fsp3) is 0.440. The maximum Gasteiger partial charge on any atom is 0.257 e. The number of methoxy groups -OCH3 is 2. The van der Waals surface area contributed by atoms with Crippen LogP contribution in [0.1, 0.15) is 12.8 Å². The Morgan fingerprint density at radius 3 is 2.74 bits per heavy atom. The zero-order valence-electron chi connectivity index (χ0n) is 20.0. The topological polar surface area (TPSA) is 71.4 Å². The molecule has 0 spiro atoms. The molecule has 1 fully saturated rings. The number of H-pyrrole nitrogens is 1. The summed E-state index contributed by atoms with van der Waals surface area (Å²) in [5, 5.41) is 1.59. The molecule has 0 amide bonds. The lowest BCUT2D eigenvalue weighted by Gasteiger charge is -2.20. The van der Waals surface area contributed by atoms with Crippen LogP contribution in [0.25, 0.3) is 33.5 Å². The molecule has 0 atom stereocenters. The van der Waals surface area contributed by atoms with Crippen LogP contribution in [0, 0.1) is 0 Å². The second kappa shape index (κ2) is 9.82. The number of halogens is 1. The summed E-state index contributed by atoms with van der Waals surface area (Å²) in [5.41, 5.74) is 4.66. The summed E-state index contributed by atoms with van der Waals surface area (Å²) < 4.78 is 13.3. The number of hydrogen-bond acceptors (Lipinski definition) is 6. The fourth-order valence-electron chi connectivity index (χ4n) is 4.81. The lowest BCUT2D eigenvalue weighted by Crippen LogP contribution is -2.30. The van der Waals surface area contributed by atoms with Crippen molar-refractivity contribution in [3.8, 4) is 23.0 Å². The van der Waals surface area contributed by atoms with Crippen molar-refractivity contribution in [2.45, 2.75) is 19.4 Å². The van der Waals surface area contributed by atoms with Gasteiger partial charge in [0.15, 0.2) is 5.75 Å². The average Bonchev–Trinajstić information content (AvgIpc) is 3.36. The van der Waals surface area contributed by atoms with E-state index in [1.165, 1.54) is 13.0 Å². The van der Waals surface area contributed by atoms with Gasteiger partial charge in [-0.1, -0.05) is 11.6 Å². The van der Waals surface area contributed by atoms with Crippen molar-refractivity contribution < 1.29 is 9.47 Å². The van der Waals surface area contributed by atoms with E-state index in [2.05, 4.69) is 43.5 Å². The standard InChI is InChI=1S/C25H31ClN6O2/c1-30-8-4-9-31(13-12-30)10-5-11-32-21(19-14-17-18(26)6-7-27-24(17)28-19)15-20-22(32)16-23(33-2)25(29-20)34-3/h6-7,14-16H,4-5,8-13H2,1-3H3,(H,27,28). The quantitative estimate of drug-likeness (QED) is 0.424. The molecule has 0 aromatic carbocycles. The first-order valence-electron chi connectivity index (χ1n) is 11.7. The Balaban J connectivity index is 1.51. The Morgan fingerprint density at radius 2 is 1.94 bits per heavy atom. The van der Waals surface area contributed by atoms with E-state index < -0.39 is 0 Å². The predicted molar refractivity (Wildman–Crippen MR) is 136 cm³/mol. The van der Waals surface area contributed by atoms with Crippen molar-refractivity contribution >= 4 is 33.7 Å². The summed E-state index contributed by atoms with van der Waals surface area (Å²) in [4.78, 5) is 17.6. The molecule has 0 unspecified atom stereocenters. The maximum absolute atomic E-state index is 6.43. The van der Waals surface area contributed by atoms with E-state index in [9.17, 15) is 0 Å². The van der Waals surface area contributed by atoms with E-state index in [-0.39, 0.29) is 0 Å². The Labute approximate surface area is 204 Å². The molecule has 1 N–H and O–H groups in total. The Morgan fingerprint density at radius 1 is 1.06 bits per heavy atom. The van der Waals surface area contributed by atoms with Gasteiger partial charge in [-0.15, -0.1) is 0 Å². The molecule has 1 aliphatic heterocycles. The predicted octanol–water partition coefficient (Wildman–Crippen LogP) is 4.28. The maximum atomic E-state index is 6.43. The molecule has 1 saturated heterocycles. The number of hydrogen-bond donors (Lipinski definition) is 1. The number of fused-ring (bicyclic) bond motifs is 2. The third kappa shape index (κ3) is 4.45. The highest BCUT2D eigenvalue weighted by Gasteiger charge is 2.19. The number of nitrogens with one attached hydrogen (secondary N) is 1. The molecule has 0 bridgehead atoms. The van der Waals surface area contributed by atoms with E-state index in [0.29, 0.717) is 16.7 Å². The molecule has 180 valence electrons. The van der Waals surface area contributed by atoms with Gasteiger partial charge in [0.05, 0.1) is 41.7 Å². The van der Waals surface area contributed by atoms with Gasteiger partial charge in [0.25, 0.3) is 5.88 Å². The van der Waals surface area contributed by atoms with Gasteiger partial charge >= 0.3 is 0 Å². The molecule has 5 rings (SSSR count). The van der Waals surface area contributed by atoms with E-state index in [4.69, 9.17) is 26.1 Å². The summed E-state index contributed by atoms with van der Waals surface area (Å²) in [6.07, 6.45) is 3.97. The summed E-state index contributed by atoms with van der Waals surface area (Å²) in [6, 6.07) is 7.98. The number of pyridine rings is 2. The molecule has 9 heteroatoms. The van der Waals surface area contributed by atoms with Crippen molar-refractivity contribution in [3.63, 3.8) is 0 Å². The third-order valence-electron chi connectivity index (χ3n) is 6.65. The Kier molecular flexibility index (Phi) is 6.63. The Hall–Kier alpha value is -2.81. The highest BCUT2D eigenvalue weighted by molar-refractivity contribution is 6.35. The number of nitrogens with zero attached hydrogens (tertiary/aromatic N) is 5. The molecule has 4 aromatic heterocycles. The Bertz CT molecular complexity index is 1300. The largest absolute Gasteiger partial charge is 0.491 e. The van der Waals surface area contributed by atoms with Crippen LogP contribution in [0.5, 0.6) is 11.6 Å². The van der Waals surface area contributed by atoms with Crippen molar-refractivity contribution in [2.24, 2.45) is 0 Å². The van der Waals surface area contributed by atoms with Gasteiger partial charge in [-0.3, -0.25) is 0 Å². The zero-order chi connectivity index (χ0) is 23.7. The molecule has 5 heterocycles. The van der Waals surface area contributed by atoms with Crippen LogP contribution >= 0.6 is 11.6 Å². The van der Waals surface area contributed by atoms with E-state index in [1.807, 2.05) is 12.1 Å². The van der Waals surface area contributed by atoms with Crippen molar-refractivity contribution in [1.29, 1.82) is 0 Å². The van der Waals surface area contributed by atoms with Gasteiger partial charge in [-0.25, -0.2) is 9.97 Å². The van der Waals surface area contributed by atoms with E-state index in [1.54, 1.807) is 20.4 Å². The van der Waals surface area contributed by atoms with Crippen LogP contribution < -0.4 is 9.47 Å². The summed E-state index contributed by atoms with van der Waals surface area (Å²) >= 11 is 6.43. The van der Waals surface area contributed by atoms with Crippen LogP contribution in [0.15, 0.2) is 30.5 Å². The molecular formula is C25H31ClN6O2. The van der Waals surface area contributed by atoms with Gasteiger partial charge in [-0.05, 0) is 57.7 Å². The first kappa shape index (κ1) is 23.0. The fourth-order valence-corrected chi connectivity index (χ4v) is 5.01. The summed E-state index contributed by atoms with van der Waals surface area (Å²) in [7, 11) is 5.46. The highest BCUT2D eigenvalue weighted by Crippen LogP contribution is 2.35. The summed E-state index contributed by atoms with van der Waals surface area (Å²) in [6.45, 7) is 6.50. The van der Waals surface area contributed by atoms with E-state index >= 15 is 0 Å². The SMILES string of the molecule is COc1cc2c(cc(-c3cc4c(Cl)ccnc4[nH]3)n2CCCN2CCCN(C)CC2)nc1OC. The van der Waals surface area contributed by atoms with Gasteiger partial charge in [-0.2, -0.15) is 0 Å². The minimum absolute atomic E-state index is 0.480. The first-order chi connectivity index (χ1) is 16.6. The molecule has 0 saturated carbocycles. The monoisotopic (exact) mass is 482 g/mol. The number of aromatic nitrogens is 4. The number of ether oxygens (including phenoxy) is 2. The lowest BCUT2D eigenvalue weighted by molar-refractivity contribution is 0.269. The van der Waals surface area contributed by atoms with Crippen molar-refractivity contribution in [3.05, 3.63) is 35.5 Å².